The van der Waals surface area contributed by atoms with E-state index in [1.54, 1.807) is 0 Å². The summed E-state index contributed by atoms with van der Waals surface area (Å²) in [5.74, 6) is 2.30. The number of ether oxygens (including phenoxy) is 3. The quantitative estimate of drug-likeness (QED) is 0.173. The van der Waals surface area contributed by atoms with E-state index in [-0.39, 0.29) is 24.4 Å². The van der Waals surface area contributed by atoms with Crippen molar-refractivity contribution in [1.82, 2.24) is 15.5 Å². The van der Waals surface area contributed by atoms with Crippen LogP contribution in [0.5, 0.6) is 0 Å². The van der Waals surface area contributed by atoms with Crippen molar-refractivity contribution in [3.63, 3.8) is 0 Å². The minimum Gasteiger partial charge on any atom is -0.483 e. The number of nitrogens with zero attached hydrogens (tertiary/aromatic N) is 1. The molecule has 5 aliphatic heterocycles. The van der Waals surface area contributed by atoms with Crippen molar-refractivity contribution >= 4 is 24.1 Å². The van der Waals surface area contributed by atoms with Crippen molar-refractivity contribution in [2.75, 3.05) is 51.8 Å². The minimum atomic E-state index is -1.35. The van der Waals surface area contributed by atoms with Crippen LogP contribution in [0, 0.1) is 23.7 Å². The number of hydrogen-bond donors (Lipinski definition) is 6. The molecule has 0 saturated carbocycles. The fourth-order valence-electron chi connectivity index (χ4n) is 7.08. The van der Waals surface area contributed by atoms with Gasteiger partial charge in [-0.1, -0.05) is 26.0 Å². The molecule has 0 aliphatic carbocycles. The van der Waals surface area contributed by atoms with Gasteiger partial charge in [-0.2, -0.15) is 0 Å². The predicted octanol–water partition coefficient (Wildman–Crippen LogP) is 0.0504. The lowest BCUT2D eigenvalue weighted by molar-refractivity contribution is -0.205. The first kappa shape index (κ1) is 34.6. The number of morpholine rings is 1. The third-order valence-electron chi connectivity index (χ3n) is 9.15. The smallest absolute Gasteiger partial charge is 0.290 e. The van der Waals surface area contributed by atoms with Crippen LogP contribution in [0.2, 0.25) is 0 Å². The Kier molecular flexibility index (Phi) is 13.6. The van der Waals surface area contributed by atoms with Crippen molar-refractivity contribution in [1.29, 1.82) is 0 Å². The van der Waals surface area contributed by atoms with Crippen LogP contribution in [0.4, 0.5) is 0 Å². The van der Waals surface area contributed by atoms with Crippen LogP contribution in [-0.4, -0.2) is 137 Å². The minimum absolute atomic E-state index is 0.171. The van der Waals surface area contributed by atoms with Crippen LogP contribution < -0.4 is 10.6 Å². The summed E-state index contributed by atoms with van der Waals surface area (Å²) < 4.78 is 18.0. The normalized spacial score (nSPS) is 41.2. The SMILES string of the molecule is CC(C)C[C@@H]1CCO[C@@H]2[C@H](CN[C@@H]2C(=O)N[C@@H]2C/C=C\[C@@H](CN3CCOCC3)CS[C@H]3O[C@H]2[C@H](O)[C@H](O)[C@H]3O)C1.O=CO. The highest BCUT2D eigenvalue weighted by molar-refractivity contribution is 7.99. The summed E-state index contributed by atoms with van der Waals surface area (Å²) in [5.41, 5.74) is -0.696. The Morgan fingerprint density at radius 1 is 1.14 bits per heavy atom. The topological polar surface area (TPSA) is 170 Å². The average molecular weight is 630 g/mol. The van der Waals surface area contributed by atoms with Crippen LogP contribution in [0.3, 0.4) is 0 Å². The maximum atomic E-state index is 13.7. The van der Waals surface area contributed by atoms with Gasteiger partial charge < -0.3 is 45.3 Å². The summed E-state index contributed by atoms with van der Waals surface area (Å²) in [6.07, 6.45) is 3.05. The number of thioether (sulfide) groups is 1. The summed E-state index contributed by atoms with van der Waals surface area (Å²) in [5, 5.41) is 45.8. The molecule has 4 saturated heterocycles. The van der Waals surface area contributed by atoms with E-state index in [9.17, 15) is 20.1 Å². The Hall–Kier alpha value is -1.29. The van der Waals surface area contributed by atoms with E-state index in [2.05, 4.69) is 41.5 Å². The number of carbonyl (C=O) groups is 2. The number of carbonyl (C=O) groups excluding carboxylic acids is 1. The molecule has 2 bridgehead atoms. The first-order chi connectivity index (χ1) is 20.7. The number of aliphatic hydroxyl groups excluding tert-OH is 3. The van der Waals surface area contributed by atoms with Gasteiger partial charge >= 0.3 is 0 Å². The third kappa shape index (κ3) is 9.36. The molecule has 246 valence electrons. The fourth-order valence-corrected chi connectivity index (χ4v) is 8.30. The summed E-state index contributed by atoms with van der Waals surface area (Å²) in [6.45, 7) is 9.77. The van der Waals surface area contributed by atoms with Crippen LogP contribution in [0.15, 0.2) is 12.2 Å². The molecule has 1 amide bonds. The fraction of sp³-hybridized carbons (Fsp3) is 0.867. The molecule has 6 N–H and O–H groups in total. The average Bonchev–Trinajstić information content (AvgIpc) is 3.27. The number of aliphatic hydroxyl groups is 3. The van der Waals surface area contributed by atoms with Gasteiger partial charge in [0.1, 0.15) is 35.9 Å². The number of hydrogen-bond acceptors (Lipinski definition) is 11. The van der Waals surface area contributed by atoms with Crippen molar-refractivity contribution in [2.45, 2.75) is 87.6 Å². The van der Waals surface area contributed by atoms with Gasteiger partial charge in [-0.3, -0.25) is 14.5 Å². The molecule has 43 heavy (non-hydrogen) atoms. The summed E-state index contributed by atoms with van der Waals surface area (Å²) >= 11 is 1.46. The molecule has 0 aromatic heterocycles. The van der Waals surface area contributed by atoms with E-state index >= 15 is 0 Å². The summed E-state index contributed by atoms with van der Waals surface area (Å²) in [4.78, 5) is 24.4. The molecule has 11 atom stereocenters. The lowest BCUT2D eigenvalue weighted by atomic mass is 9.85. The van der Waals surface area contributed by atoms with Gasteiger partial charge in [0, 0.05) is 38.5 Å². The molecule has 0 aromatic rings. The largest absolute Gasteiger partial charge is 0.483 e. The van der Waals surface area contributed by atoms with Gasteiger partial charge in [0.25, 0.3) is 6.47 Å². The lowest BCUT2D eigenvalue weighted by Crippen LogP contribution is -2.64. The molecule has 5 aliphatic rings. The number of fused-ring (bicyclic) bond motifs is 3. The zero-order valence-corrected chi connectivity index (χ0v) is 26.1. The number of rotatable bonds is 6. The van der Waals surface area contributed by atoms with Crippen LogP contribution in [-0.2, 0) is 23.8 Å². The van der Waals surface area contributed by atoms with E-state index in [1.165, 1.54) is 18.2 Å². The van der Waals surface area contributed by atoms with Crippen molar-refractivity contribution < 1.29 is 44.2 Å². The molecule has 0 spiro atoms. The molecular weight excluding hydrogens is 578 g/mol. The van der Waals surface area contributed by atoms with Crippen molar-refractivity contribution in [2.24, 2.45) is 23.7 Å². The summed E-state index contributed by atoms with van der Waals surface area (Å²) in [7, 11) is 0. The zero-order chi connectivity index (χ0) is 30.9. The van der Waals surface area contributed by atoms with Gasteiger partial charge in [-0.15, -0.1) is 11.8 Å². The lowest BCUT2D eigenvalue weighted by Gasteiger charge is -2.44. The molecule has 13 heteroatoms. The van der Waals surface area contributed by atoms with Crippen LogP contribution in [0.25, 0.3) is 0 Å². The summed E-state index contributed by atoms with van der Waals surface area (Å²) in [6, 6.07) is -1.04. The maximum absolute atomic E-state index is 13.7. The second-order valence-electron chi connectivity index (χ2n) is 12.8. The second kappa shape index (κ2) is 16.9. The molecular formula is C30H51N3O9S. The number of carboxylic acid groups (broad SMARTS) is 1. The van der Waals surface area contributed by atoms with Gasteiger partial charge in [-0.25, -0.2) is 0 Å². The van der Waals surface area contributed by atoms with E-state index < -0.39 is 41.9 Å². The molecule has 0 radical (unpaired) electrons. The number of amides is 1. The molecule has 0 unspecified atom stereocenters. The zero-order valence-electron chi connectivity index (χ0n) is 25.3. The molecule has 0 aromatic carbocycles. The Bertz CT molecular complexity index is 908. The molecule has 5 heterocycles. The van der Waals surface area contributed by atoms with E-state index in [0.29, 0.717) is 36.5 Å². The highest BCUT2D eigenvalue weighted by Crippen LogP contribution is 2.35. The Morgan fingerprint density at radius 2 is 1.88 bits per heavy atom. The van der Waals surface area contributed by atoms with Crippen LogP contribution >= 0.6 is 11.8 Å². The monoisotopic (exact) mass is 629 g/mol. The van der Waals surface area contributed by atoms with Crippen molar-refractivity contribution in [3.05, 3.63) is 12.2 Å². The first-order valence-corrected chi connectivity index (χ1v) is 16.8. The van der Waals surface area contributed by atoms with E-state index in [1.807, 2.05) is 0 Å². The van der Waals surface area contributed by atoms with Gasteiger partial charge in [0.15, 0.2) is 0 Å². The van der Waals surface area contributed by atoms with Crippen LogP contribution in [0.1, 0.15) is 39.5 Å². The van der Waals surface area contributed by atoms with Gasteiger partial charge in [0.2, 0.25) is 5.91 Å². The van der Waals surface area contributed by atoms with E-state index in [4.69, 9.17) is 24.1 Å². The van der Waals surface area contributed by atoms with Gasteiger partial charge in [-0.05, 0) is 49.4 Å². The highest BCUT2D eigenvalue weighted by Gasteiger charge is 2.49. The highest BCUT2D eigenvalue weighted by atomic mass is 32.2. The standard InChI is InChI=1S/C29H49N3O7S.CH2O2/c1-17(2)12-18-6-9-38-26-20(13-18)14-30-22(26)28(36)31-21-5-3-4-19(15-32-7-10-37-11-8-32)16-40-29-25(35)23(33)24(34)27(21)39-29;2-1-3/h3-4,17-27,29-30,33-35H,5-16H2,1-2H3,(H,31,36);1H,(H,2,3)/b4-3-;/t18-,19-,20-,21+,22-,23-,24+,25+,26+,27+,29+;/m0./s1. The van der Waals surface area contributed by atoms with Crippen molar-refractivity contribution in [3.8, 4) is 0 Å². The second-order valence-corrected chi connectivity index (χ2v) is 14.0. The predicted molar refractivity (Wildman–Crippen MR) is 161 cm³/mol. The Balaban J connectivity index is 0.00000135. The Morgan fingerprint density at radius 3 is 2.60 bits per heavy atom. The molecule has 5 rings (SSSR count). The maximum Gasteiger partial charge on any atom is 0.290 e. The Labute approximate surface area is 258 Å². The molecule has 4 fully saturated rings. The third-order valence-corrected chi connectivity index (χ3v) is 10.5. The first-order valence-electron chi connectivity index (χ1n) is 15.7. The molecule has 12 nitrogen and oxygen atoms in total. The van der Waals surface area contributed by atoms with Gasteiger partial charge in [0.05, 0.1) is 25.4 Å². The van der Waals surface area contributed by atoms with E-state index in [0.717, 1.165) is 52.2 Å². The number of nitrogens with one attached hydrogen (secondary N) is 2.